The molecule has 0 N–H and O–H groups in total. The van der Waals surface area contributed by atoms with E-state index in [0.29, 0.717) is 5.04 Å². The molecule has 0 heterocycles. The summed E-state index contributed by atoms with van der Waals surface area (Å²) in [7, 11) is -1.62. The van der Waals surface area contributed by atoms with Gasteiger partial charge in [0.1, 0.15) is 0 Å². The predicted molar refractivity (Wildman–Crippen MR) is 127 cm³/mol. The first-order chi connectivity index (χ1) is 12.0. The summed E-state index contributed by atoms with van der Waals surface area (Å²) in [4.78, 5) is 0. The van der Waals surface area contributed by atoms with E-state index < -0.39 is 26.7 Å². The van der Waals surface area contributed by atoms with Crippen molar-refractivity contribution in [3.8, 4) is 0 Å². The van der Waals surface area contributed by atoms with Crippen molar-refractivity contribution in [1.82, 2.24) is 0 Å². The maximum absolute atomic E-state index is 6.42. The molecule has 0 saturated heterocycles. The van der Waals surface area contributed by atoms with Gasteiger partial charge in [-0.05, 0) is 0 Å². The van der Waals surface area contributed by atoms with Crippen molar-refractivity contribution >= 4 is 26.7 Å². The van der Waals surface area contributed by atoms with E-state index in [4.69, 9.17) is 4.43 Å². The third-order valence-electron chi connectivity index (χ3n) is 6.53. The molecular weight excluding hydrogens is 439 g/mol. The van der Waals surface area contributed by atoms with Gasteiger partial charge < -0.3 is 0 Å². The van der Waals surface area contributed by atoms with Gasteiger partial charge in [-0.2, -0.15) is 0 Å². The summed E-state index contributed by atoms with van der Waals surface area (Å²) in [6, 6.07) is 0. The molecule has 0 amide bonds. The van der Waals surface area contributed by atoms with Crippen molar-refractivity contribution in [1.29, 1.82) is 0 Å². The number of rotatable bonds is 15. The average molecular weight is 489 g/mol. The predicted octanol–water partition coefficient (Wildman–Crippen LogP) is 8.80. The standard InChI is InChI=1S/C11H23OSi.3C4H9.Sn/c1-10(2)8-9-12-13(6,7)11(3,4)5;3*1-3-4-2;/h1-2,8-9H2,3-7H3;3*1,3-4H2,2H3;. The molecule has 0 spiro atoms. The first kappa shape index (κ1) is 26.7. The fourth-order valence-corrected chi connectivity index (χ4v) is 21.3. The maximum atomic E-state index is 6.42. The number of unbranched alkanes of at least 4 members (excludes halogenated alkanes) is 3. The Morgan fingerprint density at radius 1 is 0.885 bits per heavy atom. The third kappa shape index (κ3) is 10.3. The molecule has 0 aliphatic carbocycles. The quantitative estimate of drug-likeness (QED) is 0.165. The van der Waals surface area contributed by atoms with Gasteiger partial charge in [-0.25, -0.2) is 0 Å². The van der Waals surface area contributed by atoms with Gasteiger partial charge in [-0.15, -0.1) is 0 Å². The second-order valence-electron chi connectivity index (χ2n) is 10.1. The van der Waals surface area contributed by atoms with Gasteiger partial charge in [0.2, 0.25) is 0 Å². The van der Waals surface area contributed by atoms with E-state index in [0.717, 1.165) is 13.0 Å². The summed E-state index contributed by atoms with van der Waals surface area (Å²) in [5.74, 6) is 0. The molecule has 0 bridgehead atoms. The van der Waals surface area contributed by atoms with E-state index in [1.165, 1.54) is 48.5 Å². The van der Waals surface area contributed by atoms with Gasteiger partial charge in [-0.1, -0.05) is 0 Å². The van der Waals surface area contributed by atoms with Crippen LogP contribution in [0.1, 0.15) is 86.5 Å². The Bertz CT molecular complexity index is 362. The topological polar surface area (TPSA) is 9.23 Å². The Morgan fingerprint density at radius 3 is 1.65 bits per heavy atom. The monoisotopic (exact) mass is 490 g/mol. The Labute approximate surface area is 171 Å². The SMILES string of the molecule is C=C(CCO[Si](C)(C)C(C)(C)C)[CH2][Sn]([CH2]CCC)([CH2]CCC)[CH2]CCC. The molecule has 26 heavy (non-hydrogen) atoms. The van der Waals surface area contributed by atoms with Crippen LogP contribution in [0.2, 0.25) is 35.9 Å². The molecule has 3 heteroatoms. The molecule has 0 aliphatic heterocycles. The summed E-state index contributed by atoms with van der Waals surface area (Å²) >= 11 is -2.07. The van der Waals surface area contributed by atoms with Crippen molar-refractivity contribution in [2.24, 2.45) is 0 Å². The summed E-state index contributed by atoms with van der Waals surface area (Å²) in [5, 5.41) is 0.306. The van der Waals surface area contributed by atoms with Gasteiger partial charge in [0, 0.05) is 0 Å². The molecule has 0 saturated carbocycles. The summed E-state index contributed by atoms with van der Waals surface area (Å²) in [5.41, 5.74) is 1.52. The molecule has 0 rings (SSSR count). The summed E-state index contributed by atoms with van der Waals surface area (Å²) < 4.78 is 12.6. The van der Waals surface area contributed by atoms with Crippen LogP contribution in [0.25, 0.3) is 0 Å². The molecule has 0 aromatic carbocycles. The number of hydrogen-bond acceptors (Lipinski definition) is 1. The summed E-state index contributed by atoms with van der Waals surface area (Å²) in [6.45, 7) is 24.2. The van der Waals surface area contributed by atoms with Gasteiger partial charge in [0.15, 0.2) is 0 Å². The first-order valence-electron chi connectivity index (χ1n) is 11.3. The van der Waals surface area contributed by atoms with Crippen LogP contribution in [0.4, 0.5) is 0 Å². The van der Waals surface area contributed by atoms with E-state index >= 15 is 0 Å². The van der Waals surface area contributed by atoms with Crippen LogP contribution in [-0.2, 0) is 4.43 Å². The summed E-state index contributed by atoms with van der Waals surface area (Å²) in [6.07, 6.45) is 9.54. The van der Waals surface area contributed by atoms with Crippen molar-refractivity contribution < 1.29 is 4.43 Å². The number of hydrogen-bond donors (Lipinski definition) is 0. The minimum atomic E-state index is -2.07. The van der Waals surface area contributed by atoms with Crippen LogP contribution >= 0.6 is 0 Å². The van der Waals surface area contributed by atoms with Gasteiger partial charge in [0.25, 0.3) is 0 Å². The van der Waals surface area contributed by atoms with E-state index in [2.05, 4.69) is 61.2 Å². The molecule has 0 fully saturated rings. The average Bonchev–Trinajstić information content (AvgIpc) is 2.54. The second kappa shape index (κ2) is 13.0. The zero-order valence-electron chi connectivity index (χ0n) is 19.6. The Hall–Kier alpha value is 0.716. The minimum absolute atomic E-state index is 0.306. The Kier molecular flexibility index (Phi) is 13.4. The van der Waals surface area contributed by atoms with Crippen LogP contribution in [0.5, 0.6) is 0 Å². The normalized spacial score (nSPS) is 13.2. The van der Waals surface area contributed by atoms with Crippen molar-refractivity contribution in [3.05, 3.63) is 12.2 Å². The van der Waals surface area contributed by atoms with Crippen molar-refractivity contribution in [2.45, 2.75) is 122 Å². The van der Waals surface area contributed by atoms with Crippen molar-refractivity contribution in [3.63, 3.8) is 0 Å². The van der Waals surface area contributed by atoms with Crippen LogP contribution < -0.4 is 0 Å². The van der Waals surface area contributed by atoms with Crippen molar-refractivity contribution in [2.75, 3.05) is 6.61 Å². The van der Waals surface area contributed by atoms with E-state index in [-0.39, 0.29) is 0 Å². The molecule has 0 unspecified atom stereocenters. The van der Waals surface area contributed by atoms with Crippen LogP contribution in [0, 0.1) is 0 Å². The van der Waals surface area contributed by atoms with Crippen LogP contribution in [0.15, 0.2) is 12.2 Å². The van der Waals surface area contributed by atoms with Crippen LogP contribution in [-0.4, -0.2) is 33.3 Å². The van der Waals surface area contributed by atoms with Gasteiger partial charge in [-0.3, -0.25) is 0 Å². The fourth-order valence-electron chi connectivity index (χ4n) is 3.58. The van der Waals surface area contributed by atoms with E-state index in [1.807, 2.05) is 0 Å². The molecule has 1 nitrogen and oxygen atoms in total. The first-order valence-corrected chi connectivity index (χ1v) is 22.3. The van der Waals surface area contributed by atoms with Gasteiger partial charge in [0.05, 0.1) is 0 Å². The van der Waals surface area contributed by atoms with Crippen LogP contribution in [0.3, 0.4) is 0 Å². The van der Waals surface area contributed by atoms with E-state index in [9.17, 15) is 0 Å². The third-order valence-corrected chi connectivity index (χ3v) is 26.7. The molecule has 0 radical (unpaired) electrons. The fraction of sp³-hybridized carbons (Fsp3) is 0.913. The zero-order valence-corrected chi connectivity index (χ0v) is 23.5. The second-order valence-corrected chi connectivity index (χ2v) is 28.8. The molecule has 156 valence electrons. The van der Waals surface area contributed by atoms with E-state index in [1.54, 1.807) is 13.3 Å². The molecule has 0 aromatic rings. The molecule has 0 aromatic heterocycles. The Balaban J connectivity index is 4.82. The molecule has 0 atom stereocenters. The molecule has 0 aliphatic rings. The Morgan fingerprint density at radius 2 is 1.31 bits per heavy atom. The zero-order chi connectivity index (χ0) is 20.3. The van der Waals surface area contributed by atoms with Gasteiger partial charge >= 0.3 is 172 Å². The molecular formula is C23H50OSiSn.